The van der Waals surface area contributed by atoms with E-state index >= 15 is 0 Å². The molecule has 1 N–H and O–H groups in total. The van der Waals surface area contributed by atoms with E-state index in [1.165, 1.54) is 19.3 Å². The molecule has 1 aromatic rings. The molecule has 0 spiro atoms. The summed E-state index contributed by atoms with van der Waals surface area (Å²) < 4.78 is 10.9. The quantitative estimate of drug-likeness (QED) is 0.850. The van der Waals surface area contributed by atoms with Crippen LogP contribution < -0.4 is 5.32 Å². The van der Waals surface area contributed by atoms with Gasteiger partial charge >= 0.3 is 0 Å². The summed E-state index contributed by atoms with van der Waals surface area (Å²) >= 11 is 0. The van der Waals surface area contributed by atoms with Crippen LogP contribution in [0.2, 0.25) is 0 Å². The van der Waals surface area contributed by atoms with Gasteiger partial charge in [0.15, 0.2) is 0 Å². The minimum atomic E-state index is 0.338. The largest absolute Gasteiger partial charge is 0.445 e. The standard InChI is InChI=1S/C12H20N2O2/c1-9-7-14-12(16-9)8-13-10-5-3-4-6-11(10)15-2/h7,10-11,13H,3-6,8H2,1-2H3. The van der Waals surface area contributed by atoms with E-state index in [2.05, 4.69) is 10.3 Å². The third-order valence-corrected chi connectivity index (χ3v) is 3.19. The number of aromatic nitrogens is 1. The van der Waals surface area contributed by atoms with Crippen molar-refractivity contribution in [2.45, 2.75) is 51.3 Å². The molecule has 1 heterocycles. The zero-order valence-electron chi connectivity index (χ0n) is 10.0. The molecule has 2 rings (SSSR count). The van der Waals surface area contributed by atoms with Crippen LogP contribution in [0.15, 0.2) is 10.6 Å². The molecule has 0 saturated heterocycles. The van der Waals surface area contributed by atoms with Crippen LogP contribution in [-0.4, -0.2) is 24.2 Å². The Balaban J connectivity index is 1.84. The molecule has 0 amide bonds. The summed E-state index contributed by atoms with van der Waals surface area (Å²) in [5.74, 6) is 1.63. The van der Waals surface area contributed by atoms with Crippen LogP contribution in [-0.2, 0) is 11.3 Å². The molecule has 1 aliphatic rings. The molecule has 0 aromatic carbocycles. The van der Waals surface area contributed by atoms with Crippen LogP contribution in [0, 0.1) is 6.92 Å². The monoisotopic (exact) mass is 224 g/mol. The van der Waals surface area contributed by atoms with Crippen molar-refractivity contribution in [3.05, 3.63) is 17.8 Å². The Morgan fingerprint density at radius 1 is 1.50 bits per heavy atom. The smallest absolute Gasteiger partial charge is 0.208 e. The molecular weight excluding hydrogens is 204 g/mol. The summed E-state index contributed by atoms with van der Waals surface area (Å²) in [5, 5.41) is 3.47. The van der Waals surface area contributed by atoms with Gasteiger partial charge in [0.1, 0.15) is 5.76 Å². The van der Waals surface area contributed by atoms with Crippen LogP contribution in [0.1, 0.15) is 37.3 Å². The molecular formula is C12H20N2O2. The second-order valence-corrected chi connectivity index (χ2v) is 4.41. The van der Waals surface area contributed by atoms with Crippen LogP contribution in [0.4, 0.5) is 0 Å². The van der Waals surface area contributed by atoms with Gasteiger partial charge < -0.3 is 14.5 Å². The van der Waals surface area contributed by atoms with E-state index in [0.29, 0.717) is 18.7 Å². The van der Waals surface area contributed by atoms with E-state index in [0.717, 1.165) is 18.1 Å². The Morgan fingerprint density at radius 3 is 3.00 bits per heavy atom. The number of ether oxygens (including phenoxy) is 1. The van der Waals surface area contributed by atoms with Gasteiger partial charge in [-0.2, -0.15) is 0 Å². The number of rotatable bonds is 4. The number of aryl methyl sites for hydroxylation is 1. The predicted molar refractivity (Wildman–Crippen MR) is 61.1 cm³/mol. The third kappa shape index (κ3) is 2.83. The Bertz CT molecular complexity index is 325. The number of oxazole rings is 1. The van der Waals surface area contributed by atoms with Gasteiger partial charge in [0.05, 0.1) is 18.8 Å². The second kappa shape index (κ2) is 5.46. The Hall–Kier alpha value is -0.870. The number of methoxy groups -OCH3 is 1. The second-order valence-electron chi connectivity index (χ2n) is 4.41. The lowest BCUT2D eigenvalue weighted by Gasteiger charge is -2.30. The van der Waals surface area contributed by atoms with Crippen LogP contribution in [0.3, 0.4) is 0 Å². The Morgan fingerprint density at radius 2 is 2.31 bits per heavy atom. The highest BCUT2D eigenvalue weighted by atomic mass is 16.5. The molecule has 1 aromatic heterocycles. The zero-order valence-corrected chi connectivity index (χ0v) is 10.0. The third-order valence-electron chi connectivity index (χ3n) is 3.19. The molecule has 1 saturated carbocycles. The number of nitrogens with zero attached hydrogens (tertiary/aromatic N) is 1. The summed E-state index contributed by atoms with van der Waals surface area (Å²) in [6, 6.07) is 0.436. The average molecular weight is 224 g/mol. The lowest BCUT2D eigenvalue weighted by Crippen LogP contribution is -2.42. The van der Waals surface area contributed by atoms with Gasteiger partial charge in [0, 0.05) is 13.2 Å². The van der Waals surface area contributed by atoms with Gasteiger partial charge in [-0.3, -0.25) is 0 Å². The fraction of sp³-hybridized carbons (Fsp3) is 0.750. The van der Waals surface area contributed by atoms with E-state index < -0.39 is 0 Å². The number of nitrogens with one attached hydrogen (secondary N) is 1. The first-order chi connectivity index (χ1) is 7.79. The van der Waals surface area contributed by atoms with Gasteiger partial charge in [-0.15, -0.1) is 0 Å². The molecule has 1 aliphatic carbocycles. The van der Waals surface area contributed by atoms with Crippen LogP contribution in [0.25, 0.3) is 0 Å². The summed E-state index contributed by atoms with van der Waals surface area (Å²) in [6.45, 7) is 2.60. The van der Waals surface area contributed by atoms with Crippen molar-refractivity contribution in [3.8, 4) is 0 Å². The summed E-state index contributed by atoms with van der Waals surface area (Å²) in [4.78, 5) is 4.18. The maximum absolute atomic E-state index is 5.48. The van der Waals surface area contributed by atoms with Gasteiger partial charge in [-0.25, -0.2) is 4.98 Å². The minimum Gasteiger partial charge on any atom is -0.445 e. The molecule has 4 nitrogen and oxygen atoms in total. The fourth-order valence-corrected chi connectivity index (χ4v) is 2.31. The predicted octanol–water partition coefficient (Wildman–Crippen LogP) is 2.03. The van der Waals surface area contributed by atoms with Crippen molar-refractivity contribution in [2.24, 2.45) is 0 Å². The molecule has 2 atom stereocenters. The minimum absolute atomic E-state index is 0.338. The fourth-order valence-electron chi connectivity index (χ4n) is 2.31. The lowest BCUT2D eigenvalue weighted by molar-refractivity contribution is 0.0405. The van der Waals surface area contributed by atoms with Crippen molar-refractivity contribution < 1.29 is 9.15 Å². The molecule has 0 bridgehead atoms. The van der Waals surface area contributed by atoms with Gasteiger partial charge in [-0.1, -0.05) is 12.8 Å². The van der Waals surface area contributed by atoms with Crippen molar-refractivity contribution in [3.63, 3.8) is 0 Å². The molecule has 0 aliphatic heterocycles. The van der Waals surface area contributed by atoms with Crippen LogP contribution in [0.5, 0.6) is 0 Å². The van der Waals surface area contributed by atoms with Crippen LogP contribution >= 0.6 is 0 Å². The highest BCUT2D eigenvalue weighted by Crippen LogP contribution is 2.21. The average Bonchev–Trinajstić information content (AvgIpc) is 2.73. The zero-order chi connectivity index (χ0) is 11.4. The topological polar surface area (TPSA) is 47.3 Å². The maximum atomic E-state index is 5.48. The molecule has 90 valence electrons. The first kappa shape index (κ1) is 11.6. The highest BCUT2D eigenvalue weighted by molar-refractivity contribution is 4.91. The summed E-state index contributed by atoms with van der Waals surface area (Å²) in [7, 11) is 1.79. The summed E-state index contributed by atoms with van der Waals surface area (Å²) in [5.41, 5.74) is 0. The Kier molecular flexibility index (Phi) is 3.96. The Labute approximate surface area is 96.4 Å². The molecule has 16 heavy (non-hydrogen) atoms. The lowest BCUT2D eigenvalue weighted by atomic mass is 9.92. The van der Waals surface area contributed by atoms with Gasteiger partial charge in [0.2, 0.25) is 5.89 Å². The number of hydrogen-bond donors (Lipinski definition) is 1. The van der Waals surface area contributed by atoms with E-state index in [1.807, 2.05) is 6.92 Å². The van der Waals surface area contributed by atoms with Crippen molar-refractivity contribution in [1.82, 2.24) is 10.3 Å². The highest BCUT2D eigenvalue weighted by Gasteiger charge is 2.24. The number of hydrogen-bond acceptors (Lipinski definition) is 4. The van der Waals surface area contributed by atoms with Gasteiger partial charge in [-0.05, 0) is 19.8 Å². The maximum Gasteiger partial charge on any atom is 0.208 e. The molecule has 4 heteroatoms. The van der Waals surface area contributed by atoms with E-state index in [4.69, 9.17) is 9.15 Å². The van der Waals surface area contributed by atoms with Crippen molar-refractivity contribution in [2.75, 3.05) is 7.11 Å². The van der Waals surface area contributed by atoms with E-state index in [9.17, 15) is 0 Å². The normalized spacial score (nSPS) is 25.9. The molecule has 2 unspecified atom stereocenters. The SMILES string of the molecule is COC1CCCCC1NCc1ncc(C)o1. The molecule has 1 fully saturated rings. The van der Waals surface area contributed by atoms with E-state index in [1.54, 1.807) is 13.3 Å². The van der Waals surface area contributed by atoms with E-state index in [-0.39, 0.29) is 0 Å². The van der Waals surface area contributed by atoms with Gasteiger partial charge in [0.25, 0.3) is 0 Å². The first-order valence-electron chi connectivity index (χ1n) is 5.97. The first-order valence-corrected chi connectivity index (χ1v) is 5.97. The van der Waals surface area contributed by atoms with Crippen molar-refractivity contribution in [1.29, 1.82) is 0 Å². The summed E-state index contributed by atoms with van der Waals surface area (Å²) in [6.07, 6.45) is 6.98. The van der Waals surface area contributed by atoms with Crippen molar-refractivity contribution >= 4 is 0 Å². The molecule has 0 radical (unpaired) electrons.